The summed E-state index contributed by atoms with van der Waals surface area (Å²) in [5, 5.41) is 4.44. The van der Waals surface area contributed by atoms with Crippen LogP contribution >= 0.6 is 0 Å². The molecule has 1 amide bonds. The average Bonchev–Trinajstić information content (AvgIpc) is 3.41. The van der Waals surface area contributed by atoms with Crippen molar-refractivity contribution in [3.8, 4) is 11.6 Å². The zero-order chi connectivity index (χ0) is 22.2. The van der Waals surface area contributed by atoms with E-state index >= 15 is 0 Å². The van der Waals surface area contributed by atoms with Crippen LogP contribution in [0.5, 0.6) is 0 Å². The number of furan rings is 1. The number of carbonyl (C=O) groups is 1. The highest BCUT2D eigenvalue weighted by Gasteiger charge is 2.17. The van der Waals surface area contributed by atoms with Gasteiger partial charge in [-0.1, -0.05) is 13.8 Å². The van der Waals surface area contributed by atoms with Crippen molar-refractivity contribution in [1.29, 1.82) is 0 Å². The van der Waals surface area contributed by atoms with Crippen LogP contribution in [0.1, 0.15) is 50.9 Å². The van der Waals surface area contributed by atoms with Crippen LogP contribution < -0.4 is 0 Å². The van der Waals surface area contributed by atoms with Crippen molar-refractivity contribution < 1.29 is 18.0 Å². The number of benzene rings is 1. The van der Waals surface area contributed by atoms with Crippen molar-refractivity contribution in [3.63, 3.8) is 0 Å². The molecule has 0 saturated heterocycles. The molecule has 3 aromatic rings. The second-order valence-electron chi connectivity index (χ2n) is 7.46. The van der Waals surface area contributed by atoms with Gasteiger partial charge in [-0.2, -0.15) is 0 Å². The van der Waals surface area contributed by atoms with Gasteiger partial charge >= 0.3 is 0 Å². The lowest BCUT2D eigenvalue weighted by atomic mass is 10.2. The third-order valence-corrected chi connectivity index (χ3v) is 4.95. The normalized spacial score (nSPS) is 11.1. The summed E-state index contributed by atoms with van der Waals surface area (Å²) in [6.45, 7) is 5.66. The molecule has 2 aromatic heterocycles. The topological polar surface area (TPSA) is 64.2 Å². The maximum absolute atomic E-state index is 14.2. The summed E-state index contributed by atoms with van der Waals surface area (Å²) in [5.41, 5.74) is 0.185. The summed E-state index contributed by atoms with van der Waals surface area (Å²) in [6, 6.07) is 6.81. The van der Waals surface area contributed by atoms with E-state index in [-0.39, 0.29) is 18.0 Å². The Morgan fingerprint density at radius 3 is 2.61 bits per heavy atom. The summed E-state index contributed by atoms with van der Waals surface area (Å²) < 4.78 is 34.7. The van der Waals surface area contributed by atoms with E-state index in [2.05, 4.69) is 23.9 Å². The molecule has 0 radical (unpaired) electrons. The largest absolute Gasteiger partial charge is 0.461 e. The Bertz CT molecular complexity index is 980. The molecule has 0 aliphatic heterocycles. The molecule has 2 heterocycles. The molecule has 0 aliphatic carbocycles. The first-order valence-electron chi connectivity index (χ1n) is 10.7. The molecular weight excluding hydrogens is 402 g/mol. The van der Waals surface area contributed by atoms with Crippen LogP contribution in [0.4, 0.5) is 8.78 Å². The van der Waals surface area contributed by atoms with Crippen LogP contribution in [0.25, 0.3) is 11.6 Å². The number of nitrogens with zero attached hydrogens (tertiary/aromatic N) is 4. The van der Waals surface area contributed by atoms with E-state index < -0.39 is 11.6 Å². The summed E-state index contributed by atoms with van der Waals surface area (Å²) in [5.74, 6) is 0.571. The van der Waals surface area contributed by atoms with Crippen LogP contribution in [-0.4, -0.2) is 38.7 Å². The molecule has 8 heteroatoms. The number of aromatic nitrogens is 3. The number of carbonyl (C=O) groups excluding carboxylic acids is 1. The molecular formula is C23H28F2N4O2. The van der Waals surface area contributed by atoms with Crippen LogP contribution in [0.3, 0.4) is 0 Å². The van der Waals surface area contributed by atoms with Gasteiger partial charge in [0, 0.05) is 31.5 Å². The summed E-state index contributed by atoms with van der Waals surface area (Å²) in [6.07, 6.45) is 4.85. The van der Waals surface area contributed by atoms with Gasteiger partial charge in [0.15, 0.2) is 5.76 Å². The van der Waals surface area contributed by atoms with Crippen LogP contribution in [0.2, 0.25) is 0 Å². The Balaban J connectivity index is 1.75. The third-order valence-electron chi connectivity index (χ3n) is 4.95. The van der Waals surface area contributed by atoms with Crippen LogP contribution in [0, 0.1) is 11.6 Å². The fourth-order valence-electron chi connectivity index (χ4n) is 3.48. The SMILES string of the molecule is CCCN(CCC)C(=O)CCCc1nc(-c2ccco2)nn1Cc1cc(F)ccc1F. The molecule has 0 unspecified atom stereocenters. The van der Waals surface area contributed by atoms with Crippen molar-refractivity contribution >= 4 is 5.91 Å². The highest BCUT2D eigenvalue weighted by molar-refractivity contribution is 5.76. The smallest absolute Gasteiger partial charge is 0.222 e. The fraction of sp³-hybridized carbons (Fsp3) is 0.435. The average molecular weight is 430 g/mol. The Morgan fingerprint density at radius 1 is 1.16 bits per heavy atom. The van der Waals surface area contributed by atoms with E-state index in [1.54, 1.807) is 16.8 Å². The van der Waals surface area contributed by atoms with E-state index in [9.17, 15) is 13.6 Å². The number of amides is 1. The molecule has 0 spiro atoms. The second kappa shape index (κ2) is 10.8. The Morgan fingerprint density at radius 2 is 1.94 bits per heavy atom. The molecule has 166 valence electrons. The van der Waals surface area contributed by atoms with Gasteiger partial charge in [-0.05, 0) is 49.6 Å². The molecule has 1 aromatic carbocycles. The van der Waals surface area contributed by atoms with E-state index in [0.717, 1.165) is 44.1 Å². The number of halogens is 2. The minimum Gasteiger partial charge on any atom is -0.461 e. The maximum Gasteiger partial charge on any atom is 0.222 e. The Labute approximate surface area is 180 Å². The van der Waals surface area contributed by atoms with Gasteiger partial charge in [0.05, 0.1) is 12.8 Å². The van der Waals surface area contributed by atoms with Gasteiger partial charge in [-0.15, -0.1) is 5.10 Å². The standard InChI is InChI=1S/C23H28F2N4O2/c1-3-12-28(13-4-2)22(30)9-5-8-21-26-23(20-7-6-14-31-20)27-29(21)16-17-15-18(24)10-11-19(17)25/h6-7,10-11,14-15H,3-5,8-9,12-13,16H2,1-2H3. The predicted molar refractivity (Wildman–Crippen MR) is 113 cm³/mol. The van der Waals surface area contributed by atoms with Crippen LogP contribution in [0.15, 0.2) is 41.0 Å². The molecule has 0 fully saturated rings. The monoisotopic (exact) mass is 430 g/mol. The molecule has 6 nitrogen and oxygen atoms in total. The van der Waals surface area contributed by atoms with Crippen molar-refractivity contribution in [3.05, 3.63) is 59.6 Å². The zero-order valence-corrected chi connectivity index (χ0v) is 18.0. The van der Waals surface area contributed by atoms with Gasteiger partial charge in [-0.25, -0.2) is 18.4 Å². The third kappa shape index (κ3) is 5.99. The first kappa shape index (κ1) is 22.7. The summed E-state index contributed by atoms with van der Waals surface area (Å²) in [7, 11) is 0. The lowest BCUT2D eigenvalue weighted by molar-refractivity contribution is -0.131. The first-order chi connectivity index (χ1) is 15.0. The lowest BCUT2D eigenvalue weighted by Gasteiger charge is -2.21. The molecule has 3 rings (SSSR count). The lowest BCUT2D eigenvalue weighted by Crippen LogP contribution is -2.32. The van der Waals surface area contributed by atoms with E-state index in [1.807, 2.05) is 4.90 Å². The summed E-state index contributed by atoms with van der Waals surface area (Å²) in [4.78, 5) is 19.0. The van der Waals surface area contributed by atoms with E-state index in [0.29, 0.717) is 36.7 Å². The molecule has 0 N–H and O–H groups in total. The number of hydrogen-bond donors (Lipinski definition) is 0. The highest BCUT2D eigenvalue weighted by atomic mass is 19.1. The predicted octanol–water partition coefficient (Wildman–Crippen LogP) is 4.84. The van der Waals surface area contributed by atoms with Gasteiger partial charge in [-0.3, -0.25) is 4.79 Å². The number of hydrogen-bond acceptors (Lipinski definition) is 4. The first-order valence-corrected chi connectivity index (χ1v) is 10.7. The van der Waals surface area contributed by atoms with Gasteiger partial charge in [0.2, 0.25) is 11.7 Å². The van der Waals surface area contributed by atoms with Crippen molar-refractivity contribution in [1.82, 2.24) is 19.7 Å². The van der Waals surface area contributed by atoms with Crippen molar-refractivity contribution in [2.45, 2.75) is 52.5 Å². The number of rotatable bonds is 11. The minimum absolute atomic E-state index is 0.0401. The highest BCUT2D eigenvalue weighted by Crippen LogP contribution is 2.19. The molecule has 0 saturated carbocycles. The molecule has 31 heavy (non-hydrogen) atoms. The van der Waals surface area contributed by atoms with Crippen molar-refractivity contribution in [2.24, 2.45) is 0 Å². The molecule has 0 atom stereocenters. The Kier molecular flexibility index (Phi) is 7.92. The zero-order valence-electron chi connectivity index (χ0n) is 18.0. The van der Waals surface area contributed by atoms with E-state index in [1.165, 1.54) is 6.26 Å². The second-order valence-corrected chi connectivity index (χ2v) is 7.46. The van der Waals surface area contributed by atoms with Crippen molar-refractivity contribution in [2.75, 3.05) is 13.1 Å². The van der Waals surface area contributed by atoms with Gasteiger partial charge < -0.3 is 9.32 Å². The fourth-order valence-corrected chi connectivity index (χ4v) is 3.48. The molecule has 0 bridgehead atoms. The van der Waals surface area contributed by atoms with Gasteiger partial charge in [0.1, 0.15) is 17.5 Å². The number of aryl methyl sites for hydroxylation is 1. The van der Waals surface area contributed by atoms with E-state index in [4.69, 9.17) is 4.42 Å². The van der Waals surface area contributed by atoms with Gasteiger partial charge in [0.25, 0.3) is 0 Å². The minimum atomic E-state index is -0.512. The molecule has 0 aliphatic rings. The summed E-state index contributed by atoms with van der Waals surface area (Å²) >= 11 is 0. The Hall–Kier alpha value is -3.03. The van der Waals surface area contributed by atoms with Crippen LogP contribution in [-0.2, 0) is 17.8 Å². The maximum atomic E-state index is 14.2. The quantitative estimate of drug-likeness (QED) is 0.437.